The standard InChI is InChI=1S/C18H29NO2/c1-14(2)11-15-5-7-16(8-6-15)17(21)12-19-18(13-20)9-3-4-10-18/h5-8,14,17,19-21H,3-4,9-13H2,1-2H3. The molecule has 118 valence electrons. The summed E-state index contributed by atoms with van der Waals surface area (Å²) in [6, 6.07) is 8.25. The minimum absolute atomic E-state index is 0.160. The zero-order chi connectivity index (χ0) is 15.3. The molecule has 0 saturated heterocycles. The van der Waals surface area contributed by atoms with Gasteiger partial charge >= 0.3 is 0 Å². The molecule has 1 aromatic rings. The van der Waals surface area contributed by atoms with E-state index in [2.05, 4.69) is 31.3 Å². The van der Waals surface area contributed by atoms with E-state index in [1.165, 1.54) is 5.56 Å². The van der Waals surface area contributed by atoms with Crippen molar-refractivity contribution in [3.63, 3.8) is 0 Å². The second kappa shape index (κ2) is 7.39. The van der Waals surface area contributed by atoms with Gasteiger partial charge in [0.2, 0.25) is 0 Å². The van der Waals surface area contributed by atoms with Crippen LogP contribution in [0.4, 0.5) is 0 Å². The molecule has 0 aliphatic heterocycles. The fourth-order valence-electron chi connectivity index (χ4n) is 3.22. The lowest BCUT2D eigenvalue weighted by Gasteiger charge is -2.29. The Morgan fingerprint density at radius 2 is 1.76 bits per heavy atom. The van der Waals surface area contributed by atoms with Crippen molar-refractivity contribution in [2.24, 2.45) is 5.92 Å². The number of hydrogen-bond acceptors (Lipinski definition) is 3. The number of nitrogens with one attached hydrogen (secondary N) is 1. The lowest BCUT2D eigenvalue weighted by molar-refractivity contribution is 0.122. The van der Waals surface area contributed by atoms with Gasteiger partial charge in [-0.15, -0.1) is 0 Å². The van der Waals surface area contributed by atoms with E-state index in [1.54, 1.807) is 0 Å². The van der Waals surface area contributed by atoms with Crippen molar-refractivity contribution < 1.29 is 10.2 Å². The van der Waals surface area contributed by atoms with Crippen LogP contribution in [0.25, 0.3) is 0 Å². The lowest BCUT2D eigenvalue weighted by Crippen LogP contribution is -2.47. The molecule has 3 N–H and O–H groups in total. The summed E-state index contributed by atoms with van der Waals surface area (Å²) in [5.41, 5.74) is 2.09. The summed E-state index contributed by atoms with van der Waals surface area (Å²) in [6.07, 6.45) is 4.89. The Hall–Kier alpha value is -0.900. The third-order valence-electron chi connectivity index (χ3n) is 4.54. The first kappa shape index (κ1) is 16.5. The average Bonchev–Trinajstić information content (AvgIpc) is 2.94. The van der Waals surface area contributed by atoms with Gasteiger partial charge in [-0.3, -0.25) is 0 Å². The van der Waals surface area contributed by atoms with Crippen molar-refractivity contribution in [1.82, 2.24) is 5.32 Å². The van der Waals surface area contributed by atoms with E-state index in [4.69, 9.17) is 0 Å². The maximum Gasteiger partial charge on any atom is 0.0914 e. The highest BCUT2D eigenvalue weighted by Crippen LogP contribution is 2.29. The molecule has 1 aromatic carbocycles. The van der Waals surface area contributed by atoms with Gasteiger partial charge in [0.15, 0.2) is 0 Å². The molecule has 2 rings (SSSR count). The first-order valence-corrected chi connectivity index (χ1v) is 8.17. The van der Waals surface area contributed by atoms with E-state index in [1.807, 2.05) is 12.1 Å². The van der Waals surface area contributed by atoms with Crippen molar-refractivity contribution in [3.8, 4) is 0 Å². The Morgan fingerprint density at radius 1 is 1.14 bits per heavy atom. The van der Waals surface area contributed by atoms with E-state index in [-0.39, 0.29) is 12.1 Å². The largest absolute Gasteiger partial charge is 0.394 e. The molecule has 3 nitrogen and oxygen atoms in total. The number of β-amino-alcohol motifs (C(OH)–C–C–N with tert-alkyl or cyclic N) is 1. The van der Waals surface area contributed by atoms with Crippen LogP contribution >= 0.6 is 0 Å². The van der Waals surface area contributed by atoms with Crippen molar-refractivity contribution in [2.45, 2.75) is 57.6 Å². The monoisotopic (exact) mass is 291 g/mol. The minimum Gasteiger partial charge on any atom is -0.394 e. The van der Waals surface area contributed by atoms with Crippen LogP contribution in [-0.4, -0.2) is 28.9 Å². The highest BCUT2D eigenvalue weighted by atomic mass is 16.3. The molecule has 0 aromatic heterocycles. The quantitative estimate of drug-likeness (QED) is 0.724. The van der Waals surface area contributed by atoms with Gasteiger partial charge in [-0.1, -0.05) is 51.0 Å². The third-order valence-corrected chi connectivity index (χ3v) is 4.54. The maximum absolute atomic E-state index is 10.3. The fraction of sp³-hybridized carbons (Fsp3) is 0.667. The Kier molecular flexibility index (Phi) is 5.80. The first-order chi connectivity index (χ1) is 10.0. The molecule has 1 atom stereocenters. The van der Waals surface area contributed by atoms with Gasteiger partial charge in [0, 0.05) is 12.1 Å². The smallest absolute Gasteiger partial charge is 0.0914 e. The van der Waals surface area contributed by atoms with Gasteiger partial charge in [0.1, 0.15) is 0 Å². The molecule has 0 heterocycles. The van der Waals surface area contributed by atoms with Gasteiger partial charge in [0.25, 0.3) is 0 Å². The Morgan fingerprint density at radius 3 is 2.29 bits per heavy atom. The summed E-state index contributed by atoms with van der Waals surface area (Å²) in [6.45, 7) is 5.09. The zero-order valence-corrected chi connectivity index (χ0v) is 13.3. The van der Waals surface area contributed by atoms with Gasteiger partial charge in [-0.25, -0.2) is 0 Å². The van der Waals surface area contributed by atoms with E-state index < -0.39 is 6.10 Å². The van der Waals surface area contributed by atoms with Crippen molar-refractivity contribution in [2.75, 3.05) is 13.2 Å². The molecule has 1 unspecified atom stereocenters. The summed E-state index contributed by atoms with van der Waals surface area (Å²) in [5.74, 6) is 0.647. The predicted molar refractivity (Wildman–Crippen MR) is 86.2 cm³/mol. The number of aliphatic hydroxyl groups is 2. The summed E-state index contributed by atoms with van der Waals surface area (Å²) < 4.78 is 0. The molecule has 21 heavy (non-hydrogen) atoms. The Labute approximate surface area is 128 Å². The first-order valence-electron chi connectivity index (χ1n) is 8.17. The topological polar surface area (TPSA) is 52.5 Å². The second-order valence-electron chi connectivity index (χ2n) is 6.88. The van der Waals surface area contributed by atoms with Crippen molar-refractivity contribution in [1.29, 1.82) is 0 Å². The predicted octanol–water partition coefficient (Wildman–Crippen LogP) is 2.81. The van der Waals surface area contributed by atoms with Gasteiger partial charge in [-0.2, -0.15) is 0 Å². The zero-order valence-electron chi connectivity index (χ0n) is 13.3. The molecule has 0 spiro atoms. The number of hydrogen-bond donors (Lipinski definition) is 3. The summed E-state index contributed by atoms with van der Waals surface area (Å²) in [4.78, 5) is 0. The highest BCUT2D eigenvalue weighted by molar-refractivity contribution is 5.24. The fourth-order valence-corrected chi connectivity index (χ4v) is 3.22. The molecule has 0 bridgehead atoms. The van der Waals surface area contributed by atoms with Crippen LogP contribution in [0.2, 0.25) is 0 Å². The summed E-state index contributed by atoms with van der Waals surface area (Å²) >= 11 is 0. The molecule has 0 amide bonds. The van der Waals surface area contributed by atoms with Gasteiger partial charge in [-0.05, 0) is 36.3 Å². The SMILES string of the molecule is CC(C)Cc1ccc(C(O)CNC2(CO)CCCC2)cc1. The molecule has 1 saturated carbocycles. The Bertz CT molecular complexity index is 421. The minimum atomic E-state index is -0.512. The Balaban J connectivity index is 1.89. The van der Waals surface area contributed by atoms with Crippen LogP contribution in [0.3, 0.4) is 0 Å². The molecule has 3 heteroatoms. The number of aliphatic hydroxyl groups excluding tert-OH is 2. The molecule has 1 aliphatic rings. The average molecular weight is 291 g/mol. The molecular weight excluding hydrogens is 262 g/mol. The van der Waals surface area contributed by atoms with Crippen molar-refractivity contribution >= 4 is 0 Å². The summed E-state index contributed by atoms with van der Waals surface area (Å²) in [7, 11) is 0. The number of benzene rings is 1. The van der Waals surface area contributed by atoms with Crippen LogP contribution in [0, 0.1) is 5.92 Å². The molecule has 1 aliphatic carbocycles. The van der Waals surface area contributed by atoms with E-state index in [9.17, 15) is 10.2 Å². The van der Waals surface area contributed by atoms with Crippen LogP contribution in [-0.2, 0) is 6.42 Å². The third kappa shape index (κ3) is 4.53. The van der Waals surface area contributed by atoms with Crippen molar-refractivity contribution in [3.05, 3.63) is 35.4 Å². The second-order valence-corrected chi connectivity index (χ2v) is 6.88. The molecular formula is C18H29NO2. The normalized spacial score (nSPS) is 19.1. The van der Waals surface area contributed by atoms with E-state index in [0.717, 1.165) is 37.7 Å². The van der Waals surface area contributed by atoms with E-state index >= 15 is 0 Å². The molecule has 0 radical (unpaired) electrons. The highest BCUT2D eigenvalue weighted by Gasteiger charge is 2.32. The van der Waals surface area contributed by atoms with E-state index in [0.29, 0.717) is 12.5 Å². The van der Waals surface area contributed by atoms with Gasteiger partial charge < -0.3 is 15.5 Å². The van der Waals surface area contributed by atoms with Gasteiger partial charge in [0.05, 0.1) is 12.7 Å². The van der Waals surface area contributed by atoms with Crippen LogP contribution in [0.15, 0.2) is 24.3 Å². The molecule has 1 fully saturated rings. The summed E-state index contributed by atoms with van der Waals surface area (Å²) in [5, 5.41) is 23.3. The lowest BCUT2D eigenvalue weighted by atomic mass is 9.97. The number of rotatable bonds is 7. The maximum atomic E-state index is 10.3. The van der Waals surface area contributed by atoms with Crippen LogP contribution in [0.5, 0.6) is 0 Å². The van der Waals surface area contributed by atoms with Crippen LogP contribution < -0.4 is 5.32 Å². The van der Waals surface area contributed by atoms with Crippen LogP contribution in [0.1, 0.15) is 56.8 Å².